The lowest BCUT2D eigenvalue weighted by Gasteiger charge is -2.34. The predicted molar refractivity (Wildman–Crippen MR) is 102 cm³/mol. The Bertz CT molecular complexity index is 670. The van der Waals surface area contributed by atoms with Gasteiger partial charge in [-0.25, -0.2) is 0 Å². The first-order chi connectivity index (χ1) is 12.2. The van der Waals surface area contributed by atoms with Gasteiger partial charge < -0.3 is 18.8 Å². The van der Waals surface area contributed by atoms with Gasteiger partial charge in [0.2, 0.25) is 0 Å². The third-order valence-corrected chi connectivity index (χ3v) is 6.19. The average molecular weight is 359 g/mol. The van der Waals surface area contributed by atoms with Crippen LogP contribution in [0.1, 0.15) is 40.2 Å². The van der Waals surface area contributed by atoms with E-state index in [4.69, 9.17) is 18.8 Å². The van der Waals surface area contributed by atoms with Crippen molar-refractivity contribution in [3.63, 3.8) is 0 Å². The van der Waals surface area contributed by atoms with E-state index in [0.29, 0.717) is 0 Å². The van der Waals surface area contributed by atoms with Gasteiger partial charge in [-0.15, -0.1) is 0 Å². The minimum absolute atomic E-state index is 0.186. The van der Waals surface area contributed by atoms with Crippen molar-refractivity contribution in [2.24, 2.45) is 0 Å². The smallest absolute Gasteiger partial charge is 0.486 e. The highest BCUT2D eigenvalue weighted by Gasteiger charge is 2.52. The van der Waals surface area contributed by atoms with Gasteiger partial charge >= 0.3 is 7.12 Å². The van der Waals surface area contributed by atoms with Crippen LogP contribution in [-0.4, -0.2) is 61.7 Å². The molecule has 26 heavy (non-hydrogen) atoms. The van der Waals surface area contributed by atoms with Crippen molar-refractivity contribution >= 4 is 12.6 Å². The van der Waals surface area contributed by atoms with Crippen LogP contribution in [0, 0.1) is 0 Å². The molecule has 0 saturated carbocycles. The SMILES string of the molecule is CC1(CN2CCOCC2)Cc2cc(B3OC(C)(C)C(C)(C)O3)ccc2O1. The number of benzene rings is 1. The molecule has 6 heteroatoms. The molecule has 1 unspecified atom stereocenters. The molecule has 3 aliphatic rings. The normalized spacial score (nSPS) is 30.3. The third-order valence-electron chi connectivity index (χ3n) is 6.19. The summed E-state index contributed by atoms with van der Waals surface area (Å²) in [6.07, 6.45) is 0.910. The standard InChI is InChI=1S/C20H30BNO4/c1-18(2)19(3,4)26-21(25-18)16-6-7-17-15(12-16)13-20(5,24-17)14-22-8-10-23-11-9-22/h6-7,12H,8-11,13-14H2,1-5H3. The van der Waals surface area contributed by atoms with E-state index in [-0.39, 0.29) is 23.9 Å². The highest BCUT2D eigenvalue weighted by molar-refractivity contribution is 6.62. The van der Waals surface area contributed by atoms with E-state index in [1.165, 1.54) is 5.56 Å². The molecule has 1 aromatic carbocycles. The van der Waals surface area contributed by atoms with E-state index >= 15 is 0 Å². The molecule has 0 radical (unpaired) electrons. The summed E-state index contributed by atoms with van der Waals surface area (Å²) >= 11 is 0. The van der Waals surface area contributed by atoms with Crippen molar-refractivity contribution in [3.05, 3.63) is 23.8 Å². The fourth-order valence-electron chi connectivity index (χ4n) is 3.99. The molecule has 5 nitrogen and oxygen atoms in total. The Labute approximate surface area is 157 Å². The van der Waals surface area contributed by atoms with Crippen molar-refractivity contribution in [1.29, 1.82) is 0 Å². The molecule has 3 heterocycles. The molecule has 0 aromatic heterocycles. The summed E-state index contributed by atoms with van der Waals surface area (Å²) in [7, 11) is -0.323. The van der Waals surface area contributed by atoms with E-state index < -0.39 is 0 Å². The maximum absolute atomic E-state index is 6.33. The van der Waals surface area contributed by atoms with E-state index in [9.17, 15) is 0 Å². The number of ether oxygens (including phenoxy) is 2. The van der Waals surface area contributed by atoms with Gasteiger partial charge in [0, 0.05) is 26.1 Å². The number of rotatable bonds is 3. The minimum Gasteiger partial charge on any atom is -0.486 e. The number of morpholine rings is 1. The lowest BCUT2D eigenvalue weighted by atomic mass is 9.78. The van der Waals surface area contributed by atoms with Crippen molar-refractivity contribution in [2.75, 3.05) is 32.8 Å². The van der Waals surface area contributed by atoms with Gasteiger partial charge in [-0.1, -0.05) is 12.1 Å². The highest BCUT2D eigenvalue weighted by Crippen LogP contribution is 2.38. The van der Waals surface area contributed by atoms with Gasteiger partial charge in [0.05, 0.1) is 24.4 Å². The quantitative estimate of drug-likeness (QED) is 0.773. The zero-order valence-electron chi connectivity index (χ0n) is 16.6. The largest absolute Gasteiger partial charge is 0.494 e. The van der Waals surface area contributed by atoms with E-state index in [1.807, 2.05) is 0 Å². The van der Waals surface area contributed by atoms with Crippen LogP contribution in [0.25, 0.3) is 0 Å². The topological polar surface area (TPSA) is 40.2 Å². The second-order valence-electron chi connectivity index (χ2n) is 9.07. The third kappa shape index (κ3) is 3.28. The predicted octanol–water partition coefficient (Wildman–Crippen LogP) is 2.01. The molecule has 1 aromatic rings. The molecule has 0 N–H and O–H groups in total. The summed E-state index contributed by atoms with van der Waals surface area (Å²) in [5.41, 5.74) is 1.49. The molecular weight excluding hydrogens is 329 g/mol. The first-order valence-electron chi connectivity index (χ1n) is 9.65. The molecule has 0 aliphatic carbocycles. The van der Waals surface area contributed by atoms with Crippen LogP contribution in [0.4, 0.5) is 0 Å². The van der Waals surface area contributed by atoms with Crippen molar-refractivity contribution < 1.29 is 18.8 Å². The van der Waals surface area contributed by atoms with Crippen LogP contribution in [-0.2, 0) is 20.5 Å². The monoisotopic (exact) mass is 359 g/mol. The molecule has 0 bridgehead atoms. The fourth-order valence-corrected chi connectivity index (χ4v) is 3.99. The fraction of sp³-hybridized carbons (Fsp3) is 0.700. The lowest BCUT2D eigenvalue weighted by Crippen LogP contribution is -2.48. The van der Waals surface area contributed by atoms with Crippen LogP contribution in [0.15, 0.2) is 18.2 Å². The summed E-state index contributed by atoms with van der Waals surface area (Å²) in [6.45, 7) is 15.1. The number of nitrogens with zero attached hydrogens (tertiary/aromatic N) is 1. The molecular formula is C20H30BNO4. The summed E-state index contributed by atoms with van der Waals surface area (Å²) in [6, 6.07) is 6.34. The van der Waals surface area contributed by atoms with Crippen molar-refractivity contribution in [1.82, 2.24) is 4.90 Å². The van der Waals surface area contributed by atoms with Crippen LogP contribution in [0.2, 0.25) is 0 Å². The minimum atomic E-state index is -0.323. The molecule has 0 spiro atoms. The van der Waals surface area contributed by atoms with Gasteiger partial charge in [0.1, 0.15) is 11.4 Å². The van der Waals surface area contributed by atoms with Gasteiger partial charge in [0.15, 0.2) is 0 Å². The summed E-state index contributed by atoms with van der Waals surface area (Å²) in [5.74, 6) is 0.987. The second-order valence-corrected chi connectivity index (χ2v) is 9.07. The molecule has 142 valence electrons. The van der Waals surface area contributed by atoms with Gasteiger partial charge in [-0.05, 0) is 51.7 Å². The zero-order chi connectivity index (χ0) is 18.6. The first-order valence-corrected chi connectivity index (χ1v) is 9.65. The Morgan fingerprint density at radius 2 is 1.65 bits per heavy atom. The number of fused-ring (bicyclic) bond motifs is 1. The Balaban J connectivity index is 1.48. The molecule has 2 saturated heterocycles. The Morgan fingerprint density at radius 3 is 2.31 bits per heavy atom. The molecule has 3 aliphatic heterocycles. The van der Waals surface area contributed by atoms with Crippen LogP contribution in [0.3, 0.4) is 0 Å². The number of hydrogen-bond acceptors (Lipinski definition) is 5. The van der Waals surface area contributed by atoms with E-state index in [0.717, 1.165) is 50.5 Å². The summed E-state index contributed by atoms with van der Waals surface area (Å²) in [4.78, 5) is 2.44. The Kier molecular flexibility index (Phi) is 4.38. The maximum Gasteiger partial charge on any atom is 0.494 e. The molecule has 2 fully saturated rings. The molecule has 0 amide bonds. The van der Waals surface area contributed by atoms with E-state index in [2.05, 4.69) is 57.7 Å². The Hall–Kier alpha value is -1.08. The highest BCUT2D eigenvalue weighted by atomic mass is 16.7. The first kappa shape index (κ1) is 18.3. The zero-order valence-corrected chi connectivity index (χ0v) is 16.6. The molecule has 4 rings (SSSR count). The van der Waals surface area contributed by atoms with Gasteiger partial charge in [-0.2, -0.15) is 0 Å². The van der Waals surface area contributed by atoms with Crippen LogP contribution < -0.4 is 10.2 Å². The van der Waals surface area contributed by atoms with Gasteiger partial charge in [-0.3, -0.25) is 4.90 Å². The van der Waals surface area contributed by atoms with Gasteiger partial charge in [0.25, 0.3) is 0 Å². The van der Waals surface area contributed by atoms with E-state index in [1.54, 1.807) is 0 Å². The molecule has 1 atom stereocenters. The average Bonchev–Trinajstić information content (AvgIpc) is 2.99. The Morgan fingerprint density at radius 1 is 1.00 bits per heavy atom. The van der Waals surface area contributed by atoms with Crippen LogP contribution in [0.5, 0.6) is 5.75 Å². The lowest BCUT2D eigenvalue weighted by molar-refractivity contribution is -0.00258. The summed E-state index contributed by atoms with van der Waals surface area (Å²) < 4.78 is 24.2. The maximum atomic E-state index is 6.33. The summed E-state index contributed by atoms with van der Waals surface area (Å²) in [5, 5.41) is 0. The van der Waals surface area contributed by atoms with Crippen molar-refractivity contribution in [2.45, 2.75) is 57.8 Å². The number of hydrogen-bond donors (Lipinski definition) is 0. The van der Waals surface area contributed by atoms with Crippen molar-refractivity contribution in [3.8, 4) is 5.75 Å². The second kappa shape index (κ2) is 6.23. The van der Waals surface area contributed by atoms with Crippen LogP contribution >= 0.6 is 0 Å².